The molecule has 0 bridgehead atoms. The number of hydrogen-bond donors (Lipinski definition) is 3. The molecule has 0 aromatic heterocycles. The normalized spacial score (nSPS) is 22.9. The van der Waals surface area contributed by atoms with Crippen molar-refractivity contribution in [2.75, 3.05) is 0 Å². The van der Waals surface area contributed by atoms with Crippen molar-refractivity contribution in [2.24, 2.45) is 16.8 Å². The van der Waals surface area contributed by atoms with E-state index in [1.165, 1.54) is 0 Å². The number of dihydropyridines is 1. The van der Waals surface area contributed by atoms with Crippen molar-refractivity contribution in [3.8, 4) is 0 Å². The summed E-state index contributed by atoms with van der Waals surface area (Å²) in [5.74, 6) is 2.43. The van der Waals surface area contributed by atoms with Gasteiger partial charge in [0.2, 0.25) is 0 Å². The quantitative estimate of drug-likeness (QED) is 0.239. The van der Waals surface area contributed by atoms with Crippen LogP contribution in [0.1, 0.15) is 0 Å². The van der Waals surface area contributed by atoms with Gasteiger partial charge in [-0.15, -0.1) is 0 Å². The highest BCUT2D eigenvalue weighted by atomic mass is 16.3. The Morgan fingerprint density at radius 1 is 1.50 bits per heavy atom. The number of nitrogens with one attached hydrogen (secondary N) is 1. The highest BCUT2D eigenvalue weighted by molar-refractivity contribution is 6.25. The molecule has 6 heteroatoms. The molecular formula is C10H9N3O3. The van der Waals surface area contributed by atoms with Crippen LogP contribution in [0.15, 0.2) is 40.6 Å². The fraction of sp³-hybridized carbons (Fsp3) is 0.100. The summed E-state index contributed by atoms with van der Waals surface area (Å²) in [4.78, 5) is 26.5. The number of allylic oxidation sites excluding steroid dienone is 4. The van der Waals surface area contributed by atoms with Crippen molar-refractivity contribution in [3.05, 3.63) is 35.6 Å². The van der Waals surface area contributed by atoms with E-state index in [1.54, 1.807) is 29.7 Å². The van der Waals surface area contributed by atoms with Gasteiger partial charge in [0.15, 0.2) is 0 Å². The van der Waals surface area contributed by atoms with Gasteiger partial charge in [0.05, 0.1) is 11.6 Å². The number of fused-ring (bicyclic) bond motifs is 1. The van der Waals surface area contributed by atoms with E-state index in [4.69, 9.17) is 5.84 Å². The fourth-order valence-corrected chi connectivity index (χ4v) is 1.59. The second-order valence-corrected chi connectivity index (χ2v) is 3.30. The lowest BCUT2D eigenvalue weighted by molar-refractivity contribution is -0.122. The number of nitrogens with zero attached hydrogens (tertiary/aromatic N) is 1. The minimum absolute atomic E-state index is 0.321. The lowest BCUT2D eigenvalue weighted by Gasteiger charge is -2.20. The maximum absolute atomic E-state index is 11.5. The number of hydrogen-bond acceptors (Lipinski definition) is 4. The van der Waals surface area contributed by atoms with Crippen molar-refractivity contribution in [3.63, 3.8) is 0 Å². The molecule has 1 aliphatic carbocycles. The maximum atomic E-state index is 11.5. The molecule has 2 amide bonds. The molecule has 6 nitrogen and oxygen atoms in total. The molecule has 1 atom stereocenters. The fourth-order valence-electron chi connectivity index (χ4n) is 1.59. The van der Waals surface area contributed by atoms with Gasteiger partial charge in [0, 0.05) is 0 Å². The first kappa shape index (κ1) is 10.3. The summed E-state index contributed by atoms with van der Waals surface area (Å²) in [6.07, 6.45) is 6.65. The van der Waals surface area contributed by atoms with Gasteiger partial charge < -0.3 is 5.11 Å². The third-order valence-corrected chi connectivity index (χ3v) is 2.35. The molecule has 2 aliphatic rings. The average molecular weight is 219 g/mol. The molecule has 0 radical (unpaired) electrons. The van der Waals surface area contributed by atoms with E-state index < -0.39 is 23.3 Å². The number of rotatable bonds is 1. The van der Waals surface area contributed by atoms with Crippen LogP contribution in [-0.2, 0) is 9.59 Å². The average Bonchev–Trinajstić information content (AvgIpc) is 2.28. The molecule has 1 aliphatic heterocycles. The molecule has 4 N–H and O–H groups in total. The lowest BCUT2D eigenvalue weighted by atomic mass is 9.90. The van der Waals surface area contributed by atoms with Crippen molar-refractivity contribution in [1.29, 1.82) is 0 Å². The number of carbonyl (C=O) groups excluding carboxylic acids is 2. The summed E-state index contributed by atoms with van der Waals surface area (Å²) >= 11 is 0. The van der Waals surface area contributed by atoms with E-state index in [9.17, 15) is 14.7 Å². The van der Waals surface area contributed by atoms with Crippen LogP contribution < -0.4 is 11.3 Å². The van der Waals surface area contributed by atoms with E-state index in [1.807, 2.05) is 0 Å². The van der Waals surface area contributed by atoms with E-state index >= 15 is 0 Å². The standard InChI is InChI=1S/C10H9N3O3/c11-13-10(16)7-8(14)5-3-1-2-4-6(5)12-9(7)15/h1-5,14H,11H2,(H,13,16). The Hall–Kier alpha value is -2.21. The van der Waals surface area contributed by atoms with Crippen LogP contribution in [0.3, 0.4) is 0 Å². The van der Waals surface area contributed by atoms with Crippen LogP contribution in [0.2, 0.25) is 0 Å². The van der Waals surface area contributed by atoms with Gasteiger partial charge in [0.1, 0.15) is 11.3 Å². The van der Waals surface area contributed by atoms with E-state index in [2.05, 4.69) is 4.99 Å². The predicted octanol–water partition coefficient (Wildman–Crippen LogP) is -0.488. The largest absolute Gasteiger partial charge is 0.510 e. The zero-order valence-electron chi connectivity index (χ0n) is 8.18. The number of aliphatic hydroxyl groups is 1. The smallest absolute Gasteiger partial charge is 0.286 e. The summed E-state index contributed by atoms with van der Waals surface area (Å²) in [7, 11) is 0. The van der Waals surface area contributed by atoms with Gasteiger partial charge in [-0.05, 0) is 6.08 Å². The van der Waals surface area contributed by atoms with Crippen LogP contribution >= 0.6 is 0 Å². The molecule has 0 saturated heterocycles. The number of aliphatic imine (C=N–C) groups is 1. The Bertz CT molecular complexity index is 486. The molecule has 1 unspecified atom stereocenters. The summed E-state index contributed by atoms with van der Waals surface area (Å²) in [6, 6.07) is 0. The zero-order valence-corrected chi connectivity index (χ0v) is 8.18. The monoisotopic (exact) mass is 219 g/mol. The minimum Gasteiger partial charge on any atom is -0.510 e. The second kappa shape index (κ2) is 3.74. The number of nitrogens with two attached hydrogens (primary N) is 1. The highest BCUT2D eigenvalue weighted by Gasteiger charge is 2.33. The molecule has 0 spiro atoms. The molecule has 16 heavy (non-hydrogen) atoms. The second-order valence-electron chi connectivity index (χ2n) is 3.30. The molecule has 1 heterocycles. The highest BCUT2D eigenvalue weighted by Crippen LogP contribution is 2.25. The third-order valence-electron chi connectivity index (χ3n) is 2.35. The van der Waals surface area contributed by atoms with Crippen molar-refractivity contribution >= 4 is 17.5 Å². The SMILES string of the molecule is NNC(=O)C1=C(O)C2C=CC=CC2=NC1=O. The summed E-state index contributed by atoms with van der Waals surface area (Å²) in [6.45, 7) is 0. The van der Waals surface area contributed by atoms with Crippen LogP contribution in [0.25, 0.3) is 0 Å². The molecule has 0 saturated carbocycles. The Morgan fingerprint density at radius 3 is 2.94 bits per heavy atom. The minimum atomic E-state index is -0.840. The molecule has 0 aromatic carbocycles. The molecule has 2 rings (SSSR count). The van der Waals surface area contributed by atoms with Gasteiger partial charge in [-0.25, -0.2) is 10.8 Å². The van der Waals surface area contributed by atoms with Crippen molar-refractivity contribution < 1.29 is 14.7 Å². The molecule has 0 fully saturated rings. The number of amides is 2. The first-order valence-corrected chi connectivity index (χ1v) is 4.57. The Kier molecular flexibility index (Phi) is 2.41. The Morgan fingerprint density at radius 2 is 2.25 bits per heavy atom. The van der Waals surface area contributed by atoms with Gasteiger partial charge in [-0.3, -0.25) is 15.0 Å². The van der Waals surface area contributed by atoms with Gasteiger partial charge in [0.25, 0.3) is 11.8 Å². The topological polar surface area (TPSA) is 105 Å². The lowest BCUT2D eigenvalue weighted by Crippen LogP contribution is -2.37. The number of carbonyl (C=O) groups is 2. The Labute approximate surface area is 90.8 Å². The van der Waals surface area contributed by atoms with Gasteiger partial charge >= 0.3 is 0 Å². The first-order chi connectivity index (χ1) is 7.65. The summed E-state index contributed by atoms with van der Waals surface area (Å²) in [5, 5.41) is 9.81. The summed E-state index contributed by atoms with van der Waals surface area (Å²) in [5.41, 5.74) is 1.81. The van der Waals surface area contributed by atoms with E-state index in [0.717, 1.165) is 0 Å². The van der Waals surface area contributed by atoms with E-state index in [0.29, 0.717) is 5.71 Å². The predicted molar refractivity (Wildman–Crippen MR) is 56.2 cm³/mol. The number of hydrazine groups is 1. The van der Waals surface area contributed by atoms with E-state index in [-0.39, 0.29) is 5.76 Å². The maximum Gasteiger partial charge on any atom is 0.286 e. The molecular weight excluding hydrogens is 210 g/mol. The van der Waals surface area contributed by atoms with Crippen LogP contribution in [0, 0.1) is 5.92 Å². The third kappa shape index (κ3) is 1.45. The molecule has 0 aromatic rings. The van der Waals surface area contributed by atoms with Crippen molar-refractivity contribution in [2.45, 2.75) is 0 Å². The molecule has 82 valence electrons. The summed E-state index contributed by atoms with van der Waals surface area (Å²) < 4.78 is 0. The van der Waals surface area contributed by atoms with Gasteiger partial charge in [-0.2, -0.15) is 0 Å². The van der Waals surface area contributed by atoms with Crippen LogP contribution in [0.5, 0.6) is 0 Å². The van der Waals surface area contributed by atoms with Crippen molar-refractivity contribution in [1.82, 2.24) is 5.43 Å². The zero-order chi connectivity index (χ0) is 11.7. The number of aliphatic hydroxyl groups excluding tert-OH is 1. The first-order valence-electron chi connectivity index (χ1n) is 4.57. The van der Waals surface area contributed by atoms with Crippen LogP contribution in [-0.4, -0.2) is 22.6 Å². The van der Waals surface area contributed by atoms with Gasteiger partial charge in [-0.1, -0.05) is 18.2 Å². The van der Waals surface area contributed by atoms with Crippen LogP contribution in [0.4, 0.5) is 0 Å². The Balaban J connectivity index is 2.48.